The van der Waals surface area contributed by atoms with Crippen molar-refractivity contribution in [3.63, 3.8) is 0 Å². The SMILES string of the molecule is COC1CCN(c2c(F)cc(C(=N)N)cc2F)C1. The van der Waals surface area contributed by atoms with Crippen LogP contribution in [0.4, 0.5) is 14.5 Å². The fraction of sp³-hybridized carbons (Fsp3) is 0.417. The van der Waals surface area contributed by atoms with Crippen LogP contribution in [0.25, 0.3) is 0 Å². The highest BCUT2D eigenvalue weighted by Gasteiger charge is 2.27. The molecule has 0 bridgehead atoms. The summed E-state index contributed by atoms with van der Waals surface area (Å²) in [5.41, 5.74) is 5.20. The fourth-order valence-electron chi connectivity index (χ4n) is 2.15. The van der Waals surface area contributed by atoms with Gasteiger partial charge in [0, 0.05) is 25.8 Å². The summed E-state index contributed by atoms with van der Waals surface area (Å²) in [5, 5.41) is 7.18. The molecule has 0 aliphatic carbocycles. The monoisotopic (exact) mass is 255 g/mol. The molecule has 0 aromatic heterocycles. The average Bonchev–Trinajstić information content (AvgIpc) is 2.76. The van der Waals surface area contributed by atoms with Gasteiger partial charge in [-0.1, -0.05) is 0 Å². The second kappa shape index (κ2) is 4.89. The Morgan fingerprint density at radius 1 is 1.44 bits per heavy atom. The van der Waals surface area contributed by atoms with Gasteiger partial charge in [-0.3, -0.25) is 5.41 Å². The maximum Gasteiger partial charge on any atom is 0.150 e. The Labute approximate surface area is 104 Å². The van der Waals surface area contributed by atoms with E-state index < -0.39 is 11.6 Å². The molecule has 0 radical (unpaired) electrons. The predicted octanol–water partition coefficient (Wildman–Crippen LogP) is 1.47. The molecule has 4 nitrogen and oxygen atoms in total. The predicted molar refractivity (Wildman–Crippen MR) is 65.0 cm³/mol. The Bertz CT molecular complexity index is 455. The Balaban J connectivity index is 2.32. The first-order valence-electron chi connectivity index (χ1n) is 5.64. The van der Waals surface area contributed by atoms with Crippen LogP contribution in [0.3, 0.4) is 0 Å². The van der Waals surface area contributed by atoms with Gasteiger partial charge in [0.2, 0.25) is 0 Å². The molecule has 1 unspecified atom stereocenters. The van der Waals surface area contributed by atoms with E-state index in [9.17, 15) is 8.78 Å². The summed E-state index contributed by atoms with van der Waals surface area (Å²) >= 11 is 0. The lowest BCUT2D eigenvalue weighted by Gasteiger charge is -2.20. The Kier molecular flexibility index (Phi) is 3.47. The van der Waals surface area contributed by atoms with Crippen LogP contribution in [-0.2, 0) is 4.74 Å². The van der Waals surface area contributed by atoms with Crippen LogP contribution in [0.1, 0.15) is 12.0 Å². The minimum atomic E-state index is -0.697. The number of hydrogen-bond acceptors (Lipinski definition) is 3. The summed E-state index contributed by atoms with van der Waals surface area (Å²) in [6.07, 6.45) is 0.736. The van der Waals surface area contributed by atoms with Crippen LogP contribution < -0.4 is 10.6 Å². The standard InChI is InChI=1S/C12H15F2N3O/c1-18-8-2-3-17(6-8)11-9(13)4-7(12(15)16)5-10(11)14/h4-5,8H,2-3,6H2,1H3,(H3,15,16). The van der Waals surface area contributed by atoms with Crippen LogP contribution in [0.5, 0.6) is 0 Å². The topological polar surface area (TPSA) is 62.3 Å². The van der Waals surface area contributed by atoms with E-state index in [0.29, 0.717) is 13.1 Å². The van der Waals surface area contributed by atoms with Crippen molar-refractivity contribution in [2.75, 3.05) is 25.1 Å². The molecule has 1 aliphatic heterocycles. The number of hydrogen-bond donors (Lipinski definition) is 2. The van der Waals surface area contributed by atoms with E-state index in [1.807, 2.05) is 0 Å². The second-order valence-electron chi connectivity index (χ2n) is 4.29. The third kappa shape index (κ3) is 2.28. The van der Waals surface area contributed by atoms with Crippen molar-refractivity contribution in [1.82, 2.24) is 0 Å². The molecule has 0 amide bonds. The molecule has 0 spiro atoms. The van der Waals surface area contributed by atoms with Gasteiger partial charge in [-0.15, -0.1) is 0 Å². The van der Waals surface area contributed by atoms with Gasteiger partial charge in [-0.05, 0) is 18.6 Å². The summed E-state index contributed by atoms with van der Waals surface area (Å²) in [6, 6.07) is 2.17. The van der Waals surface area contributed by atoms with Crippen molar-refractivity contribution in [1.29, 1.82) is 5.41 Å². The number of ether oxygens (including phenoxy) is 1. The van der Waals surface area contributed by atoms with E-state index in [4.69, 9.17) is 15.9 Å². The maximum absolute atomic E-state index is 13.9. The maximum atomic E-state index is 13.9. The minimum absolute atomic E-state index is 0.00344. The van der Waals surface area contributed by atoms with Crippen LogP contribution in [-0.4, -0.2) is 32.1 Å². The molecule has 1 fully saturated rings. The van der Waals surface area contributed by atoms with Crippen molar-refractivity contribution >= 4 is 11.5 Å². The number of nitrogen functional groups attached to an aromatic ring is 1. The third-order valence-corrected chi connectivity index (χ3v) is 3.12. The number of halogens is 2. The molecule has 18 heavy (non-hydrogen) atoms. The van der Waals surface area contributed by atoms with Gasteiger partial charge in [-0.2, -0.15) is 0 Å². The quantitative estimate of drug-likeness (QED) is 0.635. The van der Waals surface area contributed by atoms with Crippen molar-refractivity contribution in [3.8, 4) is 0 Å². The number of anilines is 1. The van der Waals surface area contributed by atoms with Gasteiger partial charge in [-0.25, -0.2) is 8.78 Å². The zero-order valence-corrected chi connectivity index (χ0v) is 10.0. The van der Waals surface area contributed by atoms with E-state index in [1.165, 1.54) is 0 Å². The van der Waals surface area contributed by atoms with Crippen LogP contribution in [0.2, 0.25) is 0 Å². The molecule has 0 saturated carbocycles. The van der Waals surface area contributed by atoms with Gasteiger partial charge < -0.3 is 15.4 Å². The molecule has 1 aliphatic rings. The summed E-state index contributed by atoms with van der Waals surface area (Å²) in [5.74, 6) is -1.75. The minimum Gasteiger partial charge on any atom is -0.384 e. The largest absolute Gasteiger partial charge is 0.384 e. The Morgan fingerprint density at radius 3 is 2.50 bits per heavy atom. The summed E-state index contributed by atoms with van der Waals surface area (Å²) < 4.78 is 32.9. The molecule has 3 N–H and O–H groups in total. The second-order valence-corrected chi connectivity index (χ2v) is 4.29. The molecule has 1 aromatic carbocycles. The molecule has 1 aromatic rings. The first-order valence-corrected chi connectivity index (χ1v) is 5.64. The van der Waals surface area contributed by atoms with E-state index in [-0.39, 0.29) is 23.2 Å². The fourth-order valence-corrected chi connectivity index (χ4v) is 2.15. The van der Waals surface area contributed by atoms with Gasteiger partial charge >= 0.3 is 0 Å². The number of benzene rings is 1. The van der Waals surface area contributed by atoms with Crippen molar-refractivity contribution in [2.24, 2.45) is 5.73 Å². The smallest absolute Gasteiger partial charge is 0.150 e. The molecular formula is C12H15F2N3O. The molecule has 6 heteroatoms. The van der Waals surface area contributed by atoms with Gasteiger partial charge in [0.1, 0.15) is 23.2 Å². The first-order chi connectivity index (χ1) is 8.52. The Morgan fingerprint density at radius 2 is 2.06 bits per heavy atom. The van der Waals surface area contributed by atoms with Crippen LogP contribution >= 0.6 is 0 Å². The number of nitrogens with two attached hydrogens (primary N) is 1. The summed E-state index contributed by atoms with van der Waals surface area (Å²) in [6.45, 7) is 1.01. The van der Waals surface area contributed by atoms with E-state index in [2.05, 4.69) is 0 Å². The normalized spacial score (nSPS) is 19.3. The van der Waals surface area contributed by atoms with Gasteiger partial charge in [0.05, 0.1) is 6.10 Å². The zero-order valence-electron chi connectivity index (χ0n) is 10.0. The number of amidine groups is 1. The summed E-state index contributed by atoms with van der Waals surface area (Å²) in [4.78, 5) is 1.61. The van der Waals surface area contributed by atoms with Crippen molar-refractivity contribution in [3.05, 3.63) is 29.3 Å². The average molecular weight is 255 g/mol. The molecule has 1 saturated heterocycles. The highest BCUT2D eigenvalue weighted by Crippen LogP contribution is 2.28. The van der Waals surface area contributed by atoms with Crippen molar-refractivity contribution in [2.45, 2.75) is 12.5 Å². The van der Waals surface area contributed by atoms with E-state index in [1.54, 1.807) is 12.0 Å². The molecule has 1 heterocycles. The Hall–Kier alpha value is -1.69. The van der Waals surface area contributed by atoms with E-state index >= 15 is 0 Å². The lowest BCUT2D eigenvalue weighted by Crippen LogP contribution is -2.25. The van der Waals surface area contributed by atoms with Crippen LogP contribution in [0.15, 0.2) is 12.1 Å². The third-order valence-electron chi connectivity index (χ3n) is 3.12. The first kappa shape index (κ1) is 12.8. The highest BCUT2D eigenvalue weighted by atomic mass is 19.1. The molecule has 1 atom stereocenters. The zero-order chi connectivity index (χ0) is 13.3. The lowest BCUT2D eigenvalue weighted by atomic mass is 10.1. The van der Waals surface area contributed by atoms with Crippen LogP contribution in [0, 0.1) is 17.0 Å². The lowest BCUT2D eigenvalue weighted by molar-refractivity contribution is 0.121. The number of nitrogens with one attached hydrogen (secondary N) is 1. The highest BCUT2D eigenvalue weighted by molar-refractivity contribution is 5.95. The number of rotatable bonds is 3. The number of methoxy groups -OCH3 is 1. The van der Waals surface area contributed by atoms with Gasteiger partial charge in [0.25, 0.3) is 0 Å². The summed E-state index contributed by atoms with van der Waals surface area (Å²) in [7, 11) is 1.58. The van der Waals surface area contributed by atoms with Crippen molar-refractivity contribution < 1.29 is 13.5 Å². The molecule has 98 valence electrons. The molecular weight excluding hydrogens is 240 g/mol. The van der Waals surface area contributed by atoms with E-state index in [0.717, 1.165) is 18.6 Å². The van der Waals surface area contributed by atoms with Gasteiger partial charge in [0.15, 0.2) is 0 Å². The number of nitrogens with zero attached hydrogens (tertiary/aromatic N) is 1. The molecule has 2 rings (SSSR count).